The lowest BCUT2D eigenvalue weighted by Crippen LogP contribution is -1.94. The molecule has 2 N–H and O–H groups in total. The molecule has 0 fully saturated rings. The van der Waals surface area contributed by atoms with Crippen molar-refractivity contribution in [3.63, 3.8) is 0 Å². The zero-order chi connectivity index (χ0) is 14.3. The zero-order valence-electron chi connectivity index (χ0n) is 11.9. The molecule has 0 radical (unpaired) electrons. The summed E-state index contributed by atoms with van der Waals surface area (Å²) in [5.74, 6) is 0.0922. The van der Waals surface area contributed by atoms with Crippen molar-refractivity contribution in [2.75, 3.05) is 0 Å². The highest BCUT2D eigenvalue weighted by Gasteiger charge is 2.05. The van der Waals surface area contributed by atoms with E-state index in [-0.39, 0.29) is 6.42 Å². The van der Waals surface area contributed by atoms with Gasteiger partial charge < -0.3 is 10.2 Å². The summed E-state index contributed by atoms with van der Waals surface area (Å²) < 4.78 is 0. The molecule has 0 spiro atoms. The number of aliphatic carboxylic acids is 1. The molecule has 0 unspecified atom stereocenters. The zero-order valence-corrected chi connectivity index (χ0v) is 11.9. The van der Waals surface area contributed by atoms with E-state index in [1.807, 2.05) is 12.1 Å². The summed E-state index contributed by atoms with van der Waals surface area (Å²) in [5, 5.41) is 18.5. The quantitative estimate of drug-likeness (QED) is 0.695. The standard InChI is InChI=1S/C16H24O3/c1-12(2)14-10-9-13(15(17)11-14)7-5-3-4-6-8-16(18)19/h9-12,17H,3-8H2,1-2H3,(H,18,19). The summed E-state index contributed by atoms with van der Waals surface area (Å²) in [6.45, 7) is 4.22. The van der Waals surface area contributed by atoms with Crippen molar-refractivity contribution in [3.8, 4) is 5.75 Å². The van der Waals surface area contributed by atoms with Gasteiger partial charge in [0.25, 0.3) is 0 Å². The van der Waals surface area contributed by atoms with Gasteiger partial charge in [-0.3, -0.25) is 4.79 Å². The van der Waals surface area contributed by atoms with Crippen LogP contribution >= 0.6 is 0 Å². The molecule has 3 heteroatoms. The summed E-state index contributed by atoms with van der Waals surface area (Å²) in [6.07, 6.45) is 4.81. The maximum Gasteiger partial charge on any atom is 0.303 e. The molecular weight excluding hydrogens is 240 g/mol. The molecule has 0 saturated heterocycles. The van der Waals surface area contributed by atoms with Crippen LogP contribution < -0.4 is 0 Å². The van der Waals surface area contributed by atoms with Crippen LogP contribution in [0.5, 0.6) is 5.75 Å². The van der Waals surface area contributed by atoms with Gasteiger partial charge in [0.15, 0.2) is 0 Å². The Morgan fingerprint density at radius 3 is 2.42 bits per heavy atom. The molecule has 0 saturated carbocycles. The molecule has 0 atom stereocenters. The third-order valence-electron chi connectivity index (χ3n) is 3.36. The molecule has 0 heterocycles. The first-order chi connectivity index (χ1) is 9.00. The van der Waals surface area contributed by atoms with Crippen LogP contribution in [0.15, 0.2) is 18.2 Å². The predicted octanol–water partition coefficient (Wildman–Crippen LogP) is 4.09. The van der Waals surface area contributed by atoms with E-state index in [0.29, 0.717) is 11.7 Å². The largest absolute Gasteiger partial charge is 0.508 e. The van der Waals surface area contributed by atoms with Crippen LogP contribution in [0.2, 0.25) is 0 Å². The summed E-state index contributed by atoms with van der Waals surface area (Å²) >= 11 is 0. The Morgan fingerprint density at radius 2 is 1.84 bits per heavy atom. The van der Waals surface area contributed by atoms with Gasteiger partial charge in [-0.05, 0) is 42.4 Å². The highest BCUT2D eigenvalue weighted by atomic mass is 16.4. The minimum Gasteiger partial charge on any atom is -0.508 e. The fourth-order valence-corrected chi connectivity index (χ4v) is 2.10. The monoisotopic (exact) mass is 264 g/mol. The van der Waals surface area contributed by atoms with E-state index in [0.717, 1.165) is 43.2 Å². The molecule has 19 heavy (non-hydrogen) atoms. The lowest BCUT2D eigenvalue weighted by atomic mass is 9.98. The molecule has 106 valence electrons. The number of hydrogen-bond donors (Lipinski definition) is 2. The SMILES string of the molecule is CC(C)c1ccc(CCCCCCC(=O)O)c(O)c1. The molecule has 0 amide bonds. The van der Waals surface area contributed by atoms with E-state index < -0.39 is 5.97 Å². The first kappa shape index (κ1) is 15.5. The van der Waals surface area contributed by atoms with Gasteiger partial charge in [0.05, 0.1) is 0 Å². The van der Waals surface area contributed by atoms with Crippen molar-refractivity contribution >= 4 is 5.97 Å². The van der Waals surface area contributed by atoms with Gasteiger partial charge in [0, 0.05) is 6.42 Å². The van der Waals surface area contributed by atoms with Crippen molar-refractivity contribution in [1.29, 1.82) is 0 Å². The Balaban J connectivity index is 2.31. The maximum absolute atomic E-state index is 10.4. The topological polar surface area (TPSA) is 57.5 Å². The first-order valence-electron chi connectivity index (χ1n) is 7.04. The first-order valence-corrected chi connectivity index (χ1v) is 7.04. The highest BCUT2D eigenvalue weighted by molar-refractivity contribution is 5.66. The normalized spacial score (nSPS) is 10.9. The second-order valence-electron chi connectivity index (χ2n) is 5.35. The van der Waals surface area contributed by atoms with Crippen molar-refractivity contribution in [3.05, 3.63) is 29.3 Å². The van der Waals surface area contributed by atoms with Gasteiger partial charge in [0.1, 0.15) is 5.75 Å². The van der Waals surface area contributed by atoms with Crippen LogP contribution in [0.4, 0.5) is 0 Å². The fourth-order valence-electron chi connectivity index (χ4n) is 2.10. The molecule has 0 aliphatic carbocycles. The van der Waals surface area contributed by atoms with Crippen molar-refractivity contribution in [2.45, 2.75) is 58.3 Å². The van der Waals surface area contributed by atoms with Crippen LogP contribution in [-0.2, 0) is 11.2 Å². The van der Waals surface area contributed by atoms with Crippen LogP contribution in [0.1, 0.15) is 63.0 Å². The Labute approximate surface area is 115 Å². The van der Waals surface area contributed by atoms with Crippen molar-refractivity contribution in [1.82, 2.24) is 0 Å². The molecular formula is C16H24O3. The molecule has 1 aromatic carbocycles. The predicted molar refractivity (Wildman–Crippen MR) is 76.6 cm³/mol. The van der Waals surface area contributed by atoms with Gasteiger partial charge in [-0.15, -0.1) is 0 Å². The summed E-state index contributed by atoms with van der Waals surface area (Å²) in [7, 11) is 0. The van der Waals surface area contributed by atoms with E-state index in [2.05, 4.69) is 19.9 Å². The molecule has 0 aromatic heterocycles. The van der Waals surface area contributed by atoms with E-state index in [1.165, 1.54) is 0 Å². The summed E-state index contributed by atoms with van der Waals surface area (Å²) in [4.78, 5) is 10.4. The molecule has 1 rings (SSSR count). The molecule has 0 aliphatic heterocycles. The number of phenolic OH excluding ortho intramolecular Hbond substituents is 1. The summed E-state index contributed by atoms with van der Waals surface area (Å²) in [6, 6.07) is 5.93. The number of aryl methyl sites for hydroxylation is 1. The van der Waals surface area contributed by atoms with Gasteiger partial charge in [0.2, 0.25) is 0 Å². The van der Waals surface area contributed by atoms with Crippen LogP contribution in [-0.4, -0.2) is 16.2 Å². The second-order valence-corrected chi connectivity index (χ2v) is 5.35. The van der Waals surface area contributed by atoms with Gasteiger partial charge in [-0.25, -0.2) is 0 Å². The van der Waals surface area contributed by atoms with E-state index in [1.54, 1.807) is 0 Å². The Hall–Kier alpha value is -1.51. The number of benzene rings is 1. The lowest BCUT2D eigenvalue weighted by Gasteiger charge is -2.09. The fraction of sp³-hybridized carbons (Fsp3) is 0.562. The van der Waals surface area contributed by atoms with E-state index in [9.17, 15) is 9.90 Å². The highest BCUT2D eigenvalue weighted by Crippen LogP contribution is 2.25. The number of rotatable bonds is 8. The Morgan fingerprint density at radius 1 is 1.16 bits per heavy atom. The number of aromatic hydroxyl groups is 1. The Kier molecular flexibility index (Phi) is 6.40. The molecule has 3 nitrogen and oxygen atoms in total. The van der Waals surface area contributed by atoms with Crippen molar-refractivity contribution in [2.24, 2.45) is 0 Å². The van der Waals surface area contributed by atoms with Gasteiger partial charge >= 0.3 is 5.97 Å². The number of phenols is 1. The number of hydrogen-bond acceptors (Lipinski definition) is 2. The average Bonchev–Trinajstić information content (AvgIpc) is 2.34. The van der Waals surface area contributed by atoms with Gasteiger partial charge in [-0.2, -0.15) is 0 Å². The van der Waals surface area contributed by atoms with E-state index >= 15 is 0 Å². The Bertz CT molecular complexity index is 410. The van der Waals surface area contributed by atoms with Crippen molar-refractivity contribution < 1.29 is 15.0 Å². The van der Waals surface area contributed by atoms with E-state index in [4.69, 9.17) is 5.11 Å². The summed E-state index contributed by atoms with van der Waals surface area (Å²) in [5.41, 5.74) is 2.14. The van der Waals surface area contributed by atoms with Crippen LogP contribution in [0, 0.1) is 0 Å². The molecule has 0 aliphatic rings. The number of unbranched alkanes of at least 4 members (excludes halogenated alkanes) is 3. The second kappa shape index (κ2) is 7.82. The number of carbonyl (C=O) groups is 1. The minimum absolute atomic E-state index is 0.258. The third-order valence-corrected chi connectivity index (χ3v) is 3.36. The maximum atomic E-state index is 10.4. The smallest absolute Gasteiger partial charge is 0.303 e. The average molecular weight is 264 g/mol. The van der Waals surface area contributed by atoms with Gasteiger partial charge in [-0.1, -0.05) is 38.8 Å². The molecule has 0 bridgehead atoms. The van der Waals surface area contributed by atoms with Crippen LogP contribution in [0.3, 0.4) is 0 Å². The third kappa shape index (κ3) is 5.77. The lowest BCUT2D eigenvalue weighted by molar-refractivity contribution is -0.137. The number of carboxylic acid groups (broad SMARTS) is 1. The number of carboxylic acids is 1. The minimum atomic E-state index is -0.720. The molecule has 1 aromatic rings. The van der Waals surface area contributed by atoms with Crippen LogP contribution in [0.25, 0.3) is 0 Å².